The molecule has 0 unspecified atom stereocenters. The molecular weight excluding hydrogens is 477 g/mol. The molecule has 10 heteroatoms. The number of piperidine rings is 1. The smallest absolute Gasteiger partial charge is 0.244 e. The van der Waals surface area contributed by atoms with Gasteiger partial charge in [-0.3, -0.25) is 0 Å². The van der Waals surface area contributed by atoms with Gasteiger partial charge in [-0.2, -0.15) is 4.31 Å². The molecule has 2 heterocycles. The molecule has 0 aromatic heterocycles. The van der Waals surface area contributed by atoms with E-state index in [-0.39, 0.29) is 10.6 Å². The minimum Gasteiger partial charge on any atom is -0.300 e. The number of rotatable bonds is 6. The fraction of sp³-hybridized carbons (Fsp3) is 0.429. The first kappa shape index (κ1) is 23.0. The van der Waals surface area contributed by atoms with Crippen molar-refractivity contribution >= 4 is 50.7 Å². The Morgan fingerprint density at radius 2 is 1.65 bits per heavy atom. The number of halogens is 2. The average molecular weight is 500 g/mol. The summed E-state index contributed by atoms with van der Waals surface area (Å²) in [6, 6.07) is 9.93. The maximum Gasteiger partial charge on any atom is 0.244 e. The van der Waals surface area contributed by atoms with Crippen LogP contribution in [0.2, 0.25) is 10.0 Å². The standard InChI is InChI=1S/C21H23Cl2N3O3S2/c22-15-3-5-18(23)20(13-15)30-19-6-4-16(24-27)14-21(19)31(28,29)26-11-7-17(8-12-26)25-9-1-2-10-25/h3-6,13-14,17H,1-2,7-12H2. The van der Waals surface area contributed by atoms with Gasteiger partial charge in [-0.05, 0) is 80.3 Å². The molecular formula is C21H23Cl2N3O3S2. The van der Waals surface area contributed by atoms with E-state index in [1.165, 1.54) is 41.0 Å². The fourth-order valence-electron chi connectivity index (χ4n) is 4.21. The van der Waals surface area contributed by atoms with Crippen LogP contribution in [0.3, 0.4) is 0 Å². The molecule has 31 heavy (non-hydrogen) atoms. The molecule has 0 radical (unpaired) electrons. The van der Waals surface area contributed by atoms with Crippen LogP contribution in [0.5, 0.6) is 0 Å². The van der Waals surface area contributed by atoms with E-state index < -0.39 is 10.0 Å². The monoisotopic (exact) mass is 499 g/mol. The summed E-state index contributed by atoms with van der Waals surface area (Å²) in [6.45, 7) is 3.13. The quantitative estimate of drug-likeness (QED) is 0.470. The lowest BCUT2D eigenvalue weighted by atomic mass is 10.1. The van der Waals surface area contributed by atoms with E-state index in [9.17, 15) is 13.3 Å². The summed E-state index contributed by atoms with van der Waals surface area (Å²) in [4.78, 5) is 14.8. The predicted molar refractivity (Wildman–Crippen MR) is 125 cm³/mol. The minimum absolute atomic E-state index is 0.0743. The predicted octanol–water partition coefficient (Wildman–Crippen LogP) is 5.79. The van der Waals surface area contributed by atoms with Gasteiger partial charge in [-0.25, -0.2) is 8.42 Å². The van der Waals surface area contributed by atoms with Crippen molar-refractivity contribution in [2.24, 2.45) is 5.18 Å². The largest absolute Gasteiger partial charge is 0.300 e. The van der Waals surface area contributed by atoms with Crippen molar-refractivity contribution in [2.45, 2.75) is 46.4 Å². The molecule has 0 aliphatic carbocycles. The molecule has 0 N–H and O–H groups in total. The van der Waals surface area contributed by atoms with Crippen LogP contribution >= 0.6 is 35.0 Å². The first-order chi connectivity index (χ1) is 14.9. The lowest BCUT2D eigenvalue weighted by Gasteiger charge is -2.36. The van der Waals surface area contributed by atoms with Crippen LogP contribution in [0.15, 0.2) is 56.3 Å². The van der Waals surface area contributed by atoms with Gasteiger partial charge in [-0.15, -0.1) is 4.91 Å². The van der Waals surface area contributed by atoms with Crippen LogP contribution in [0.4, 0.5) is 5.69 Å². The van der Waals surface area contributed by atoms with E-state index in [0.717, 1.165) is 25.9 Å². The molecule has 0 saturated carbocycles. The third-order valence-corrected chi connectivity index (χ3v) is 9.72. The van der Waals surface area contributed by atoms with Crippen molar-refractivity contribution in [3.05, 3.63) is 51.4 Å². The summed E-state index contributed by atoms with van der Waals surface area (Å²) in [7, 11) is -3.80. The molecule has 0 spiro atoms. The van der Waals surface area contributed by atoms with Crippen LogP contribution < -0.4 is 0 Å². The average Bonchev–Trinajstić information content (AvgIpc) is 3.31. The van der Waals surface area contributed by atoms with Gasteiger partial charge in [0.2, 0.25) is 10.0 Å². The Morgan fingerprint density at radius 1 is 0.935 bits per heavy atom. The number of likely N-dealkylation sites (tertiary alicyclic amines) is 1. The second-order valence-corrected chi connectivity index (χ2v) is 11.6. The third-order valence-electron chi connectivity index (χ3n) is 5.84. The lowest BCUT2D eigenvalue weighted by Crippen LogP contribution is -2.45. The molecule has 2 fully saturated rings. The van der Waals surface area contributed by atoms with E-state index in [4.69, 9.17) is 23.2 Å². The number of sulfonamides is 1. The molecule has 0 bridgehead atoms. The molecule has 4 rings (SSSR count). The van der Waals surface area contributed by atoms with Gasteiger partial charge < -0.3 is 4.90 Å². The van der Waals surface area contributed by atoms with E-state index in [1.54, 1.807) is 24.3 Å². The van der Waals surface area contributed by atoms with E-state index in [2.05, 4.69) is 10.1 Å². The van der Waals surface area contributed by atoms with Gasteiger partial charge in [0.15, 0.2) is 0 Å². The highest BCUT2D eigenvalue weighted by atomic mass is 35.5. The van der Waals surface area contributed by atoms with Crippen molar-refractivity contribution in [2.75, 3.05) is 26.2 Å². The number of hydrogen-bond acceptors (Lipinski definition) is 6. The molecule has 2 saturated heterocycles. The lowest BCUT2D eigenvalue weighted by molar-refractivity contribution is 0.167. The van der Waals surface area contributed by atoms with Gasteiger partial charge in [0, 0.05) is 33.9 Å². The molecule has 2 aliphatic heterocycles. The second kappa shape index (κ2) is 9.77. The van der Waals surface area contributed by atoms with Crippen LogP contribution in [-0.4, -0.2) is 49.8 Å². The zero-order valence-corrected chi connectivity index (χ0v) is 20.0. The Balaban J connectivity index is 1.61. The fourth-order valence-corrected chi connectivity index (χ4v) is 7.56. The van der Waals surface area contributed by atoms with E-state index in [1.807, 2.05) is 0 Å². The first-order valence-electron chi connectivity index (χ1n) is 10.2. The van der Waals surface area contributed by atoms with Crippen molar-refractivity contribution in [1.29, 1.82) is 0 Å². The molecule has 0 atom stereocenters. The Morgan fingerprint density at radius 3 is 2.32 bits per heavy atom. The summed E-state index contributed by atoms with van der Waals surface area (Å²) >= 11 is 13.6. The molecule has 2 aromatic rings. The topological polar surface area (TPSA) is 70.0 Å². The van der Waals surface area contributed by atoms with Crippen LogP contribution in [0.1, 0.15) is 25.7 Å². The summed E-state index contributed by atoms with van der Waals surface area (Å²) in [5.74, 6) is 0. The highest BCUT2D eigenvalue weighted by Crippen LogP contribution is 2.40. The van der Waals surface area contributed by atoms with E-state index >= 15 is 0 Å². The van der Waals surface area contributed by atoms with Gasteiger partial charge >= 0.3 is 0 Å². The Labute approximate surface area is 196 Å². The number of nitrogens with zero attached hydrogens (tertiary/aromatic N) is 3. The van der Waals surface area contributed by atoms with Gasteiger partial charge in [-0.1, -0.05) is 35.0 Å². The van der Waals surface area contributed by atoms with Crippen molar-refractivity contribution in [3.8, 4) is 0 Å². The van der Waals surface area contributed by atoms with Gasteiger partial charge in [0.1, 0.15) is 5.69 Å². The maximum atomic E-state index is 13.5. The minimum atomic E-state index is -3.80. The summed E-state index contributed by atoms with van der Waals surface area (Å²) in [6.07, 6.45) is 4.06. The Bertz CT molecular complexity index is 1070. The Kier molecular flexibility index (Phi) is 7.25. The first-order valence-corrected chi connectivity index (χ1v) is 13.2. The number of nitroso groups, excluding NO2 is 1. The Hall–Kier alpha value is -1.16. The van der Waals surface area contributed by atoms with Crippen LogP contribution in [-0.2, 0) is 10.0 Å². The highest BCUT2D eigenvalue weighted by molar-refractivity contribution is 8.00. The summed E-state index contributed by atoms with van der Waals surface area (Å²) < 4.78 is 28.6. The third kappa shape index (κ3) is 5.10. The summed E-state index contributed by atoms with van der Waals surface area (Å²) in [5, 5.41) is 3.92. The van der Waals surface area contributed by atoms with E-state index in [0.29, 0.717) is 39.0 Å². The van der Waals surface area contributed by atoms with Crippen molar-refractivity contribution in [1.82, 2.24) is 9.21 Å². The molecule has 6 nitrogen and oxygen atoms in total. The number of benzene rings is 2. The van der Waals surface area contributed by atoms with Gasteiger partial charge in [0.05, 0.1) is 9.92 Å². The summed E-state index contributed by atoms with van der Waals surface area (Å²) in [5.41, 5.74) is 0.0760. The molecule has 0 amide bonds. The van der Waals surface area contributed by atoms with Crippen LogP contribution in [0, 0.1) is 4.91 Å². The molecule has 2 aliphatic rings. The van der Waals surface area contributed by atoms with Crippen molar-refractivity contribution < 1.29 is 8.42 Å². The normalized spacial score (nSPS) is 19.0. The molecule has 166 valence electrons. The maximum absolute atomic E-state index is 13.5. The zero-order valence-electron chi connectivity index (χ0n) is 16.8. The highest BCUT2D eigenvalue weighted by Gasteiger charge is 2.34. The number of hydrogen-bond donors (Lipinski definition) is 0. The SMILES string of the molecule is O=Nc1ccc(Sc2cc(Cl)ccc2Cl)c(S(=O)(=O)N2CCC(N3CCCC3)CC2)c1. The van der Waals surface area contributed by atoms with Gasteiger partial charge in [0.25, 0.3) is 0 Å². The second-order valence-electron chi connectivity index (χ2n) is 7.78. The zero-order chi connectivity index (χ0) is 22.0. The van der Waals surface area contributed by atoms with Crippen molar-refractivity contribution in [3.63, 3.8) is 0 Å². The van der Waals surface area contributed by atoms with Crippen LogP contribution in [0.25, 0.3) is 0 Å². The molecule has 2 aromatic carbocycles.